The number of aliphatic hydroxyl groups excluding tert-OH is 1. The minimum absolute atomic E-state index is 0.0176. The van der Waals surface area contributed by atoms with Gasteiger partial charge in [0.1, 0.15) is 12.4 Å². The molecule has 0 atom stereocenters. The smallest absolute Gasteiger partial charge is 0.257 e. The number of hydrogen-bond donors (Lipinski definition) is 2. The lowest BCUT2D eigenvalue weighted by atomic mass is 10.2. The summed E-state index contributed by atoms with van der Waals surface area (Å²) in [6.07, 6.45) is 2.84. The SMILES string of the molecule is O=C(Nc1ccc(Cl)c(F)c1)c1cncc(C#CCO)c1. The zero-order valence-electron chi connectivity index (χ0n) is 10.7. The first kappa shape index (κ1) is 15.0. The number of hydrogen-bond acceptors (Lipinski definition) is 3. The second-order valence-electron chi connectivity index (χ2n) is 4.01. The maximum Gasteiger partial charge on any atom is 0.257 e. The molecular formula is C15H10ClFN2O2. The summed E-state index contributed by atoms with van der Waals surface area (Å²) < 4.78 is 13.3. The molecule has 4 nitrogen and oxygen atoms in total. The summed E-state index contributed by atoms with van der Waals surface area (Å²) >= 11 is 5.57. The number of anilines is 1. The monoisotopic (exact) mass is 304 g/mol. The van der Waals surface area contributed by atoms with Crippen LogP contribution in [0.3, 0.4) is 0 Å². The summed E-state index contributed by atoms with van der Waals surface area (Å²) in [7, 11) is 0. The van der Waals surface area contributed by atoms with Crippen LogP contribution in [0.2, 0.25) is 5.02 Å². The van der Waals surface area contributed by atoms with Gasteiger partial charge in [-0.25, -0.2) is 4.39 Å². The third kappa shape index (κ3) is 4.02. The predicted octanol–water partition coefficient (Wildman–Crippen LogP) is 2.47. The van der Waals surface area contributed by atoms with Crippen molar-refractivity contribution in [3.05, 3.63) is 58.6 Å². The normalized spacial score (nSPS) is 9.67. The van der Waals surface area contributed by atoms with Gasteiger partial charge >= 0.3 is 0 Å². The number of benzene rings is 1. The van der Waals surface area contributed by atoms with Crippen LogP contribution in [0.15, 0.2) is 36.7 Å². The number of aliphatic hydroxyl groups is 1. The van der Waals surface area contributed by atoms with E-state index >= 15 is 0 Å². The molecule has 0 aliphatic heterocycles. The Hall–Kier alpha value is -2.42. The largest absolute Gasteiger partial charge is 0.384 e. The van der Waals surface area contributed by atoms with Crippen molar-refractivity contribution < 1.29 is 14.3 Å². The highest BCUT2D eigenvalue weighted by Gasteiger charge is 2.08. The Balaban J connectivity index is 2.18. The van der Waals surface area contributed by atoms with Crippen LogP contribution < -0.4 is 5.32 Å². The van der Waals surface area contributed by atoms with Crippen LogP contribution in [0.5, 0.6) is 0 Å². The van der Waals surface area contributed by atoms with Crippen molar-refractivity contribution in [3.63, 3.8) is 0 Å². The Morgan fingerprint density at radius 2 is 2.19 bits per heavy atom. The number of nitrogens with zero attached hydrogens (tertiary/aromatic N) is 1. The van der Waals surface area contributed by atoms with Crippen molar-refractivity contribution in [2.75, 3.05) is 11.9 Å². The van der Waals surface area contributed by atoms with Gasteiger partial charge in [-0.2, -0.15) is 0 Å². The Labute approximate surface area is 125 Å². The fourth-order valence-electron chi connectivity index (χ4n) is 1.55. The molecule has 21 heavy (non-hydrogen) atoms. The highest BCUT2D eigenvalue weighted by Crippen LogP contribution is 2.19. The van der Waals surface area contributed by atoms with Crippen LogP contribution in [0.1, 0.15) is 15.9 Å². The summed E-state index contributed by atoms with van der Waals surface area (Å²) in [5.41, 5.74) is 1.06. The molecule has 106 valence electrons. The molecular weight excluding hydrogens is 295 g/mol. The molecule has 1 heterocycles. The van der Waals surface area contributed by atoms with Crippen LogP contribution >= 0.6 is 11.6 Å². The molecule has 0 saturated heterocycles. The zero-order chi connectivity index (χ0) is 15.2. The third-order valence-corrected chi connectivity index (χ3v) is 2.80. The van der Waals surface area contributed by atoms with E-state index in [2.05, 4.69) is 22.1 Å². The van der Waals surface area contributed by atoms with Gasteiger partial charge in [-0.15, -0.1) is 0 Å². The van der Waals surface area contributed by atoms with Crippen molar-refractivity contribution in [1.29, 1.82) is 0 Å². The van der Waals surface area contributed by atoms with Gasteiger partial charge in [-0.3, -0.25) is 9.78 Å². The van der Waals surface area contributed by atoms with Gasteiger partial charge in [-0.1, -0.05) is 23.4 Å². The third-order valence-electron chi connectivity index (χ3n) is 2.49. The van der Waals surface area contributed by atoms with Gasteiger partial charge in [0.05, 0.1) is 10.6 Å². The fraction of sp³-hybridized carbons (Fsp3) is 0.0667. The number of nitrogens with one attached hydrogen (secondary N) is 1. The lowest BCUT2D eigenvalue weighted by molar-refractivity contribution is 0.102. The summed E-state index contributed by atoms with van der Waals surface area (Å²) in [6.45, 7) is -0.277. The number of halogens is 2. The molecule has 0 aliphatic rings. The van der Waals surface area contributed by atoms with Crippen LogP contribution in [-0.4, -0.2) is 22.6 Å². The van der Waals surface area contributed by atoms with E-state index < -0.39 is 11.7 Å². The average molecular weight is 305 g/mol. The standard InChI is InChI=1S/C15H10ClFN2O2/c16-13-4-3-12(7-14(13)17)19-15(21)11-6-10(2-1-5-20)8-18-9-11/h3-4,6-9,20H,5H2,(H,19,21). The highest BCUT2D eigenvalue weighted by atomic mass is 35.5. The molecule has 0 fully saturated rings. The van der Waals surface area contributed by atoms with Crippen molar-refractivity contribution >= 4 is 23.2 Å². The number of aromatic nitrogens is 1. The van der Waals surface area contributed by atoms with Crippen LogP contribution in [0.25, 0.3) is 0 Å². The predicted molar refractivity (Wildman–Crippen MR) is 77.6 cm³/mol. The van der Waals surface area contributed by atoms with E-state index in [1.54, 1.807) is 0 Å². The van der Waals surface area contributed by atoms with E-state index in [1.165, 1.54) is 30.6 Å². The van der Waals surface area contributed by atoms with Crippen LogP contribution in [0, 0.1) is 17.7 Å². The van der Waals surface area contributed by atoms with Gasteiger partial charge in [0.25, 0.3) is 5.91 Å². The van der Waals surface area contributed by atoms with Gasteiger partial charge < -0.3 is 10.4 Å². The van der Waals surface area contributed by atoms with Gasteiger partial charge in [0, 0.05) is 23.6 Å². The summed E-state index contributed by atoms with van der Waals surface area (Å²) in [5, 5.41) is 11.1. The van der Waals surface area contributed by atoms with E-state index in [0.717, 1.165) is 6.07 Å². The molecule has 0 aliphatic carbocycles. The first-order chi connectivity index (χ1) is 10.1. The Morgan fingerprint density at radius 1 is 1.38 bits per heavy atom. The fourth-order valence-corrected chi connectivity index (χ4v) is 1.67. The zero-order valence-corrected chi connectivity index (χ0v) is 11.5. The summed E-state index contributed by atoms with van der Waals surface area (Å²) in [6, 6.07) is 5.50. The quantitative estimate of drug-likeness (QED) is 0.838. The first-order valence-corrected chi connectivity index (χ1v) is 6.29. The number of amides is 1. The van der Waals surface area contributed by atoms with Crippen LogP contribution in [0.4, 0.5) is 10.1 Å². The first-order valence-electron chi connectivity index (χ1n) is 5.91. The molecule has 6 heteroatoms. The van der Waals surface area contributed by atoms with E-state index in [-0.39, 0.29) is 22.9 Å². The second-order valence-corrected chi connectivity index (χ2v) is 4.41. The lowest BCUT2D eigenvalue weighted by Crippen LogP contribution is -2.12. The topological polar surface area (TPSA) is 62.2 Å². The molecule has 0 bridgehead atoms. The number of rotatable bonds is 2. The van der Waals surface area contributed by atoms with Gasteiger partial charge in [-0.05, 0) is 24.3 Å². The minimum atomic E-state index is -0.616. The Kier molecular flexibility index (Phi) is 4.88. The molecule has 2 rings (SSSR count). The Bertz CT molecular complexity index is 738. The van der Waals surface area contributed by atoms with E-state index in [0.29, 0.717) is 5.56 Å². The molecule has 1 aromatic carbocycles. The molecule has 1 amide bonds. The molecule has 0 saturated carbocycles. The van der Waals surface area contributed by atoms with E-state index in [9.17, 15) is 9.18 Å². The van der Waals surface area contributed by atoms with E-state index in [1.807, 2.05) is 0 Å². The van der Waals surface area contributed by atoms with Crippen molar-refractivity contribution in [2.24, 2.45) is 0 Å². The molecule has 1 aromatic heterocycles. The maximum absolute atomic E-state index is 13.3. The summed E-state index contributed by atoms with van der Waals surface area (Å²) in [5.74, 6) is 4.05. The number of pyridine rings is 1. The van der Waals surface area contributed by atoms with Crippen LogP contribution in [-0.2, 0) is 0 Å². The maximum atomic E-state index is 13.3. The van der Waals surface area contributed by atoms with Crippen molar-refractivity contribution in [3.8, 4) is 11.8 Å². The molecule has 0 unspecified atom stereocenters. The van der Waals surface area contributed by atoms with Gasteiger partial charge in [0.2, 0.25) is 0 Å². The summed E-state index contributed by atoms with van der Waals surface area (Å²) in [4.78, 5) is 15.9. The number of carbonyl (C=O) groups is 1. The number of carbonyl (C=O) groups excluding carboxylic acids is 1. The Morgan fingerprint density at radius 3 is 2.90 bits per heavy atom. The highest BCUT2D eigenvalue weighted by molar-refractivity contribution is 6.30. The van der Waals surface area contributed by atoms with Crippen molar-refractivity contribution in [2.45, 2.75) is 0 Å². The van der Waals surface area contributed by atoms with Crippen molar-refractivity contribution in [1.82, 2.24) is 4.98 Å². The average Bonchev–Trinajstić information content (AvgIpc) is 2.49. The molecule has 0 spiro atoms. The molecule has 2 aromatic rings. The molecule has 0 radical (unpaired) electrons. The van der Waals surface area contributed by atoms with Gasteiger partial charge in [0.15, 0.2) is 0 Å². The second kappa shape index (κ2) is 6.84. The van der Waals surface area contributed by atoms with E-state index in [4.69, 9.17) is 16.7 Å². The minimum Gasteiger partial charge on any atom is -0.384 e. The molecule has 2 N–H and O–H groups in total. The lowest BCUT2D eigenvalue weighted by Gasteiger charge is -2.06.